The summed E-state index contributed by atoms with van der Waals surface area (Å²) in [6.07, 6.45) is 2.02. The summed E-state index contributed by atoms with van der Waals surface area (Å²) >= 11 is 0. The van der Waals surface area contributed by atoms with Gasteiger partial charge in [-0.1, -0.05) is 32.6 Å². The molecular formula is C23H23FN3O3. The van der Waals surface area contributed by atoms with Gasteiger partial charge in [0.2, 0.25) is 0 Å². The molecule has 3 aromatic rings. The molecule has 3 rings (SSSR count). The summed E-state index contributed by atoms with van der Waals surface area (Å²) in [6.45, 7) is 11.3. The van der Waals surface area contributed by atoms with Crippen molar-refractivity contribution in [1.29, 1.82) is 0 Å². The van der Waals surface area contributed by atoms with Crippen molar-refractivity contribution in [3.05, 3.63) is 88.6 Å². The van der Waals surface area contributed by atoms with Gasteiger partial charge >= 0.3 is 0 Å². The van der Waals surface area contributed by atoms with E-state index in [2.05, 4.69) is 23.8 Å². The first-order chi connectivity index (χ1) is 14.2. The van der Waals surface area contributed by atoms with E-state index in [9.17, 15) is 19.1 Å². The predicted molar refractivity (Wildman–Crippen MR) is 114 cm³/mol. The molecule has 0 aliphatic rings. The van der Waals surface area contributed by atoms with Gasteiger partial charge in [0.05, 0.1) is 5.52 Å². The van der Waals surface area contributed by atoms with E-state index in [0.717, 1.165) is 11.1 Å². The number of halogens is 1. The average Bonchev–Trinajstić information content (AvgIpc) is 2.70. The summed E-state index contributed by atoms with van der Waals surface area (Å²) in [5.74, 6) is -1.57. The van der Waals surface area contributed by atoms with E-state index in [0.29, 0.717) is 17.6 Å². The fourth-order valence-electron chi connectivity index (χ4n) is 3.06. The summed E-state index contributed by atoms with van der Waals surface area (Å²) in [5, 5.41) is 13.2. The topological polar surface area (TPSA) is 84.2 Å². The zero-order valence-corrected chi connectivity index (χ0v) is 16.9. The number of nitrogens with one attached hydrogen (secondary N) is 1. The van der Waals surface area contributed by atoms with Gasteiger partial charge in [-0.15, -0.1) is 0 Å². The van der Waals surface area contributed by atoms with Gasteiger partial charge in [0.15, 0.2) is 5.75 Å². The van der Waals surface area contributed by atoms with Crippen LogP contribution in [0.3, 0.4) is 0 Å². The molecule has 30 heavy (non-hydrogen) atoms. The highest BCUT2D eigenvalue weighted by atomic mass is 19.1. The molecule has 0 aliphatic heterocycles. The van der Waals surface area contributed by atoms with Crippen molar-refractivity contribution in [3.63, 3.8) is 0 Å². The quantitative estimate of drug-likeness (QED) is 0.653. The van der Waals surface area contributed by atoms with Gasteiger partial charge in [-0.25, -0.2) is 4.39 Å². The van der Waals surface area contributed by atoms with Crippen LogP contribution in [-0.4, -0.2) is 20.6 Å². The molecule has 0 spiro atoms. The summed E-state index contributed by atoms with van der Waals surface area (Å²) in [4.78, 5) is 29.8. The van der Waals surface area contributed by atoms with E-state index >= 15 is 0 Å². The molecule has 6 nitrogen and oxygen atoms in total. The maximum absolute atomic E-state index is 13.1. The van der Waals surface area contributed by atoms with Crippen LogP contribution in [0.2, 0.25) is 0 Å². The standard InChI is InChI=1S/C23H23FN3O3/c1-5-27-18-11-16(10-15-6-8-17(24)9-7-15)12-25-20(18)21(28)19(23(27)30)22(29)26-14(4)13(2)3/h6-9,11-13,28H,1,4-5,10H2,2-3H3,(H,26,29). The maximum atomic E-state index is 13.1. The molecule has 0 atom stereocenters. The number of carbonyl (C=O) groups excluding carboxylic acids is 1. The number of aromatic nitrogens is 2. The van der Waals surface area contributed by atoms with E-state index in [4.69, 9.17) is 0 Å². The lowest BCUT2D eigenvalue weighted by Crippen LogP contribution is -2.33. The Kier molecular flexibility index (Phi) is 6.01. The Balaban J connectivity index is 2.08. The Labute approximate surface area is 173 Å². The lowest BCUT2D eigenvalue weighted by molar-refractivity contribution is 0.0958. The number of aromatic hydroxyl groups is 1. The van der Waals surface area contributed by atoms with Crippen LogP contribution in [0.4, 0.5) is 4.39 Å². The van der Waals surface area contributed by atoms with E-state index in [1.54, 1.807) is 24.4 Å². The molecule has 0 unspecified atom stereocenters. The minimum Gasteiger partial charge on any atom is -0.505 e. The van der Waals surface area contributed by atoms with Gasteiger partial charge in [-0.2, -0.15) is 0 Å². The first kappa shape index (κ1) is 21.2. The number of pyridine rings is 2. The van der Waals surface area contributed by atoms with Crippen LogP contribution in [0.1, 0.15) is 35.3 Å². The number of fused-ring (bicyclic) bond motifs is 1. The SMILES string of the molecule is [CH2]Cn1c(=O)c(C(=O)NC(=C)C(C)C)c(O)c2ncc(Cc3ccc(F)cc3)cc21. The zero-order chi connectivity index (χ0) is 22.0. The number of nitrogens with zero attached hydrogens (tertiary/aromatic N) is 2. The van der Waals surface area contributed by atoms with Gasteiger partial charge in [-0.3, -0.25) is 14.6 Å². The second-order valence-corrected chi connectivity index (χ2v) is 7.33. The molecule has 1 amide bonds. The van der Waals surface area contributed by atoms with E-state index < -0.39 is 22.8 Å². The molecule has 0 saturated carbocycles. The first-order valence-corrected chi connectivity index (χ1v) is 9.51. The summed E-state index contributed by atoms with van der Waals surface area (Å²) in [7, 11) is 0. The molecule has 7 heteroatoms. The summed E-state index contributed by atoms with van der Waals surface area (Å²) in [6, 6.07) is 7.79. The molecule has 0 bridgehead atoms. The van der Waals surface area contributed by atoms with Crippen LogP contribution >= 0.6 is 0 Å². The summed E-state index contributed by atoms with van der Waals surface area (Å²) < 4.78 is 14.4. The molecule has 0 fully saturated rings. The normalized spacial score (nSPS) is 11.1. The van der Waals surface area contributed by atoms with Crippen molar-refractivity contribution in [3.8, 4) is 5.75 Å². The van der Waals surface area contributed by atoms with Gasteiger partial charge in [0.1, 0.15) is 16.9 Å². The zero-order valence-electron chi connectivity index (χ0n) is 16.9. The van der Waals surface area contributed by atoms with E-state index in [1.807, 2.05) is 13.8 Å². The summed E-state index contributed by atoms with van der Waals surface area (Å²) in [5.41, 5.74) is 1.50. The molecule has 155 valence electrons. The molecule has 1 aromatic carbocycles. The smallest absolute Gasteiger partial charge is 0.267 e. The fourth-order valence-corrected chi connectivity index (χ4v) is 3.06. The molecule has 2 N–H and O–H groups in total. The number of carbonyl (C=O) groups is 1. The van der Waals surface area contributed by atoms with Crippen molar-refractivity contribution in [2.45, 2.75) is 26.8 Å². The molecule has 0 saturated heterocycles. The number of rotatable bonds is 6. The number of amides is 1. The number of benzene rings is 1. The number of hydrogen-bond donors (Lipinski definition) is 2. The van der Waals surface area contributed by atoms with Crippen molar-refractivity contribution in [2.75, 3.05) is 0 Å². The minimum absolute atomic E-state index is 0.0289. The maximum Gasteiger partial charge on any atom is 0.267 e. The van der Waals surface area contributed by atoms with Crippen molar-refractivity contribution in [1.82, 2.24) is 14.9 Å². The Bertz CT molecular complexity index is 1180. The van der Waals surface area contributed by atoms with E-state index in [1.165, 1.54) is 16.7 Å². The van der Waals surface area contributed by atoms with Crippen LogP contribution in [0.15, 0.2) is 53.6 Å². The van der Waals surface area contributed by atoms with Gasteiger partial charge in [-0.05, 0) is 48.6 Å². The molecule has 0 aliphatic carbocycles. The second kappa shape index (κ2) is 8.49. The highest BCUT2D eigenvalue weighted by Gasteiger charge is 2.23. The third-order valence-corrected chi connectivity index (χ3v) is 4.88. The lowest BCUT2D eigenvalue weighted by atomic mass is 10.0. The number of allylic oxidation sites excluding steroid dienone is 1. The predicted octanol–water partition coefficient (Wildman–Crippen LogP) is 3.57. The molecule has 2 aromatic heterocycles. The highest BCUT2D eigenvalue weighted by Crippen LogP contribution is 2.26. The van der Waals surface area contributed by atoms with Crippen LogP contribution in [-0.2, 0) is 13.0 Å². The van der Waals surface area contributed by atoms with Gasteiger partial charge < -0.3 is 15.0 Å². The Morgan fingerprint density at radius 1 is 1.27 bits per heavy atom. The Morgan fingerprint density at radius 3 is 2.53 bits per heavy atom. The van der Waals surface area contributed by atoms with Crippen LogP contribution in [0.5, 0.6) is 5.75 Å². The van der Waals surface area contributed by atoms with Crippen LogP contribution in [0, 0.1) is 18.7 Å². The Hall–Kier alpha value is -3.48. The molecular weight excluding hydrogens is 385 g/mol. The number of hydrogen-bond acceptors (Lipinski definition) is 4. The second-order valence-electron chi connectivity index (χ2n) is 7.33. The third kappa shape index (κ3) is 4.10. The van der Waals surface area contributed by atoms with Crippen molar-refractivity contribution < 1.29 is 14.3 Å². The third-order valence-electron chi connectivity index (χ3n) is 4.88. The van der Waals surface area contributed by atoms with Crippen molar-refractivity contribution in [2.24, 2.45) is 5.92 Å². The van der Waals surface area contributed by atoms with Gasteiger partial charge in [0.25, 0.3) is 11.5 Å². The monoisotopic (exact) mass is 408 g/mol. The van der Waals surface area contributed by atoms with Crippen LogP contribution in [0.25, 0.3) is 11.0 Å². The minimum atomic E-state index is -0.738. The largest absolute Gasteiger partial charge is 0.505 e. The lowest BCUT2D eigenvalue weighted by Gasteiger charge is -2.15. The van der Waals surface area contributed by atoms with E-state index in [-0.39, 0.29) is 23.8 Å². The Morgan fingerprint density at radius 2 is 1.93 bits per heavy atom. The van der Waals surface area contributed by atoms with Crippen molar-refractivity contribution >= 4 is 16.9 Å². The fraction of sp³-hybridized carbons (Fsp3) is 0.217. The molecule has 2 heterocycles. The highest BCUT2D eigenvalue weighted by molar-refractivity contribution is 6.02. The van der Waals surface area contributed by atoms with Gasteiger partial charge in [0, 0.05) is 18.4 Å². The van der Waals surface area contributed by atoms with Crippen LogP contribution < -0.4 is 10.9 Å². The molecule has 1 radical (unpaired) electrons. The average molecular weight is 408 g/mol. The first-order valence-electron chi connectivity index (χ1n) is 9.51.